The molecule has 1 atom stereocenters. The molecule has 0 bridgehead atoms. The summed E-state index contributed by atoms with van der Waals surface area (Å²) in [6.45, 7) is 5.36. The molecule has 1 fully saturated rings. The van der Waals surface area contributed by atoms with Crippen molar-refractivity contribution in [2.45, 2.75) is 51.6 Å². The highest BCUT2D eigenvalue weighted by Crippen LogP contribution is 2.27. The third kappa shape index (κ3) is 2.94. The Morgan fingerprint density at radius 3 is 2.84 bits per heavy atom. The average molecular weight is 265 g/mol. The number of carbonyl (C=O) groups excluding carboxylic acids is 1. The maximum Gasteiger partial charge on any atom is 0.243 e. The van der Waals surface area contributed by atoms with Crippen LogP contribution in [-0.4, -0.2) is 45.1 Å². The molecule has 1 aliphatic heterocycles. The molecule has 2 rings (SSSR count). The van der Waals surface area contributed by atoms with Crippen molar-refractivity contribution in [3.8, 4) is 0 Å². The first-order valence-electron chi connectivity index (χ1n) is 6.96. The zero-order chi connectivity index (χ0) is 13.9. The predicted molar refractivity (Wildman–Crippen MR) is 72.5 cm³/mol. The van der Waals surface area contributed by atoms with Gasteiger partial charge in [-0.15, -0.1) is 0 Å². The molecule has 1 unspecified atom stereocenters. The summed E-state index contributed by atoms with van der Waals surface area (Å²) in [6.07, 6.45) is 3.89. The number of nitrogens with zero attached hydrogens (tertiary/aromatic N) is 3. The van der Waals surface area contributed by atoms with Crippen molar-refractivity contribution < 1.29 is 4.79 Å². The fourth-order valence-corrected chi connectivity index (χ4v) is 2.84. The van der Waals surface area contributed by atoms with Crippen LogP contribution in [-0.2, 0) is 11.3 Å². The molecule has 0 aliphatic carbocycles. The molecule has 6 nitrogen and oxygen atoms in total. The second-order valence-electron chi connectivity index (χ2n) is 5.36. The minimum absolute atomic E-state index is 0.161. The van der Waals surface area contributed by atoms with Crippen LogP contribution in [0.2, 0.25) is 0 Å². The average Bonchev–Trinajstić information content (AvgIpc) is 2.99. The Hall–Kier alpha value is -1.43. The second-order valence-corrected chi connectivity index (χ2v) is 5.36. The first kappa shape index (κ1) is 14.0. The van der Waals surface area contributed by atoms with Gasteiger partial charge in [-0.3, -0.25) is 9.89 Å². The molecule has 1 aliphatic rings. The van der Waals surface area contributed by atoms with Gasteiger partial charge in [-0.1, -0.05) is 13.3 Å². The van der Waals surface area contributed by atoms with Crippen LogP contribution in [0.4, 0.5) is 0 Å². The van der Waals surface area contributed by atoms with Crippen molar-refractivity contribution >= 4 is 5.91 Å². The normalized spacial score (nSPS) is 22.7. The molecule has 0 aromatic carbocycles. The van der Waals surface area contributed by atoms with E-state index < -0.39 is 0 Å². The Bertz CT molecular complexity index is 436. The molecule has 106 valence electrons. The standard InChI is InChI=1S/C13H23N5O/c1-4-6-13(7-5-8-14-13)12(19)18(3)9-11-15-10(2)16-17-11/h14H,4-9H2,1-3H3,(H,15,16,17). The van der Waals surface area contributed by atoms with E-state index in [-0.39, 0.29) is 11.4 Å². The summed E-state index contributed by atoms with van der Waals surface area (Å²) in [6, 6.07) is 0. The first-order chi connectivity index (χ1) is 9.07. The Morgan fingerprint density at radius 1 is 1.53 bits per heavy atom. The predicted octanol–water partition coefficient (Wildman–Crippen LogP) is 0.994. The molecule has 2 heterocycles. The molecule has 0 radical (unpaired) electrons. The van der Waals surface area contributed by atoms with Gasteiger partial charge in [-0.25, -0.2) is 4.98 Å². The van der Waals surface area contributed by atoms with E-state index in [0.29, 0.717) is 12.4 Å². The van der Waals surface area contributed by atoms with Crippen molar-refractivity contribution in [3.63, 3.8) is 0 Å². The maximum absolute atomic E-state index is 12.7. The van der Waals surface area contributed by atoms with Gasteiger partial charge in [0.2, 0.25) is 5.91 Å². The van der Waals surface area contributed by atoms with E-state index in [1.165, 1.54) is 0 Å². The molecule has 1 aromatic heterocycles. The Labute approximate surface area is 114 Å². The summed E-state index contributed by atoms with van der Waals surface area (Å²) in [5, 5.41) is 10.3. The van der Waals surface area contributed by atoms with Gasteiger partial charge < -0.3 is 10.2 Å². The molecule has 19 heavy (non-hydrogen) atoms. The summed E-state index contributed by atoms with van der Waals surface area (Å²) in [5.74, 6) is 1.60. The van der Waals surface area contributed by atoms with Crippen LogP contribution >= 0.6 is 0 Å². The number of aryl methyl sites for hydroxylation is 1. The van der Waals surface area contributed by atoms with Gasteiger partial charge in [-0.05, 0) is 32.7 Å². The summed E-state index contributed by atoms with van der Waals surface area (Å²) in [5.41, 5.74) is -0.366. The van der Waals surface area contributed by atoms with Crippen LogP contribution in [0.15, 0.2) is 0 Å². The van der Waals surface area contributed by atoms with Gasteiger partial charge in [0.05, 0.1) is 12.1 Å². The summed E-state index contributed by atoms with van der Waals surface area (Å²) in [4.78, 5) is 18.6. The van der Waals surface area contributed by atoms with Crippen LogP contribution in [0.1, 0.15) is 44.3 Å². The third-order valence-corrected chi connectivity index (χ3v) is 3.70. The number of H-pyrrole nitrogens is 1. The van der Waals surface area contributed by atoms with Crippen LogP contribution in [0.3, 0.4) is 0 Å². The lowest BCUT2D eigenvalue weighted by molar-refractivity contribution is -0.137. The van der Waals surface area contributed by atoms with Gasteiger partial charge in [-0.2, -0.15) is 5.10 Å². The monoisotopic (exact) mass is 265 g/mol. The van der Waals surface area contributed by atoms with Crippen molar-refractivity contribution in [3.05, 3.63) is 11.6 Å². The Kier molecular flexibility index (Phi) is 4.19. The number of likely N-dealkylation sites (N-methyl/N-ethyl adjacent to an activating group) is 1. The highest BCUT2D eigenvalue weighted by atomic mass is 16.2. The lowest BCUT2D eigenvalue weighted by Gasteiger charge is -2.32. The fourth-order valence-electron chi connectivity index (χ4n) is 2.84. The minimum Gasteiger partial charge on any atom is -0.337 e. The lowest BCUT2D eigenvalue weighted by atomic mass is 9.90. The Morgan fingerprint density at radius 2 is 2.32 bits per heavy atom. The van der Waals surface area contributed by atoms with E-state index in [1.807, 2.05) is 14.0 Å². The molecular formula is C13H23N5O. The van der Waals surface area contributed by atoms with Crippen LogP contribution in [0.5, 0.6) is 0 Å². The van der Waals surface area contributed by atoms with Gasteiger partial charge in [0.15, 0.2) is 5.82 Å². The van der Waals surface area contributed by atoms with E-state index in [4.69, 9.17) is 0 Å². The molecular weight excluding hydrogens is 242 g/mol. The van der Waals surface area contributed by atoms with Gasteiger partial charge >= 0.3 is 0 Å². The maximum atomic E-state index is 12.7. The number of carbonyl (C=O) groups is 1. The Balaban J connectivity index is 2.04. The quantitative estimate of drug-likeness (QED) is 0.833. The third-order valence-electron chi connectivity index (χ3n) is 3.70. The highest BCUT2D eigenvalue weighted by Gasteiger charge is 2.41. The summed E-state index contributed by atoms with van der Waals surface area (Å²) >= 11 is 0. The lowest BCUT2D eigenvalue weighted by Crippen LogP contribution is -2.53. The van der Waals surface area contributed by atoms with Crippen molar-refractivity contribution in [2.75, 3.05) is 13.6 Å². The van der Waals surface area contributed by atoms with Gasteiger partial charge in [0, 0.05) is 7.05 Å². The number of aromatic nitrogens is 3. The highest BCUT2D eigenvalue weighted by molar-refractivity contribution is 5.86. The molecule has 2 N–H and O–H groups in total. The van der Waals surface area contributed by atoms with Gasteiger partial charge in [0.25, 0.3) is 0 Å². The van der Waals surface area contributed by atoms with Crippen molar-refractivity contribution in [1.82, 2.24) is 25.4 Å². The van der Waals surface area contributed by atoms with Crippen LogP contribution < -0.4 is 5.32 Å². The molecule has 1 amide bonds. The second kappa shape index (κ2) is 5.69. The van der Waals surface area contributed by atoms with Crippen molar-refractivity contribution in [1.29, 1.82) is 0 Å². The summed E-state index contributed by atoms with van der Waals surface area (Å²) < 4.78 is 0. The number of hydrogen-bond acceptors (Lipinski definition) is 4. The van der Waals surface area contributed by atoms with E-state index >= 15 is 0 Å². The SMILES string of the molecule is CCCC1(C(=O)N(C)Cc2n[nH]c(C)n2)CCCN1. The van der Waals surface area contributed by atoms with E-state index in [0.717, 1.165) is 38.1 Å². The topological polar surface area (TPSA) is 73.9 Å². The van der Waals surface area contributed by atoms with E-state index in [9.17, 15) is 4.79 Å². The van der Waals surface area contributed by atoms with Gasteiger partial charge in [0.1, 0.15) is 5.82 Å². The number of rotatable bonds is 5. The first-order valence-corrected chi connectivity index (χ1v) is 6.96. The molecule has 0 spiro atoms. The fraction of sp³-hybridized carbons (Fsp3) is 0.769. The smallest absolute Gasteiger partial charge is 0.243 e. The van der Waals surface area contributed by atoms with E-state index in [2.05, 4.69) is 27.4 Å². The number of nitrogens with one attached hydrogen (secondary N) is 2. The van der Waals surface area contributed by atoms with Crippen molar-refractivity contribution in [2.24, 2.45) is 0 Å². The van der Waals surface area contributed by atoms with E-state index in [1.54, 1.807) is 4.90 Å². The number of amides is 1. The largest absolute Gasteiger partial charge is 0.337 e. The minimum atomic E-state index is -0.366. The van der Waals surface area contributed by atoms with Crippen LogP contribution in [0.25, 0.3) is 0 Å². The number of aromatic amines is 1. The summed E-state index contributed by atoms with van der Waals surface area (Å²) in [7, 11) is 1.82. The van der Waals surface area contributed by atoms with Crippen LogP contribution in [0, 0.1) is 6.92 Å². The molecule has 1 aromatic rings. The zero-order valence-electron chi connectivity index (χ0n) is 12.0. The zero-order valence-corrected chi connectivity index (χ0v) is 12.0. The molecule has 1 saturated heterocycles. The molecule has 6 heteroatoms. The number of hydrogen-bond donors (Lipinski definition) is 2. The molecule has 0 saturated carbocycles.